The Morgan fingerprint density at radius 1 is 1.35 bits per heavy atom. The van der Waals surface area contributed by atoms with E-state index < -0.39 is 0 Å². The lowest BCUT2D eigenvalue weighted by Crippen LogP contribution is -2.44. The summed E-state index contributed by atoms with van der Waals surface area (Å²) in [4.78, 5) is 14.1. The summed E-state index contributed by atoms with van der Waals surface area (Å²) in [5, 5.41) is 6.39. The highest BCUT2D eigenvalue weighted by atomic mass is 16.5. The first-order valence-corrected chi connectivity index (χ1v) is 7.46. The zero-order valence-electron chi connectivity index (χ0n) is 12.8. The van der Waals surface area contributed by atoms with Gasteiger partial charge in [-0.05, 0) is 25.8 Å². The molecule has 0 radical (unpaired) electrons. The second kappa shape index (κ2) is 11.0. The maximum absolute atomic E-state index is 11.9. The third kappa shape index (κ3) is 7.79. The molecule has 1 heterocycles. The third-order valence-electron chi connectivity index (χ3n) is 3.47. The minimum atomic E-state index is 0.0789. The van der Waals surface area contributed by atoms with Crippen LogP contribution in [0.2, 0.25) is 0 Å². The number of nitrogens with one attached hydrogen (secondary N) is 2. The molecule has 0 bridgehead atoms. The van der Waals surface area contributed by atoms with E-state index in [1.54, 1.807) is 14.2 Å². The predicted molar refractivity (Wildman–Crippen MR) is 78.8 cm³/mol. The van der Waals surface area contributed by atoms with Crippen molar-refractivity contribution in [3.63, 3.8) is 0 Å². The molecule has 1 rings (SSSR count). The number of rotatable bonds is 11. The van der Waals surface area contributed by atoms with Gasteiger partial charge in [-0.15, -0.1) is 0 Å². The molecule has 1 saturated heterocycles. The van der Waals surface area contributed by atoms with Crippen LogP contribution in [0.5, 0.6) is 0 Å². The highest BCUT2D eigenvalue weighted by molar-refractivity contribution is 5.77. The van der Waals surface area contributed by atoms with Crippen LogP contribution < -0.4 is 10.6 Å². The molecule has 6 nitrogen and oxygen atoms in total. The zero-order valence-corrected chi connectivity index (χ0v) is 12.8. The predicted octanol–water partition coefficient (Wildman–Crippen LogP) is -0.160. The van der Waals surface area contributed by atoms with E-state index in [4.69, 9.17) is 9.47 Å². The van der Waals surface area contributed by atoms with Crippen molar-refractivity contribution in [1.82, 2.24) is 15.5 Å². The Kier molecular flexibility index (Phi) is 9.57. The highest BCUT2D eigenvalue weighted by Crippen LogP contribution is 2.06. The number of carbonyl (C=O) groups is 1. The fourth-order valence-electron chi connectivity index (χ4n) is 2.38. The molecule has 1 fully saturated rings. The maximum Gasteiger partial charge on any atom is 0.234 e. The van der Waals surface area contributed by atoms with Gasteiger partial charge in [0, 0.05) is 46.5 Å². The smallest absolute Gasteiger partial charge is 0.234 e. The van der Waals surface area contributed by atoms with Crippen LogP contribution in [-0.2, 0) is 14.3 Å². The van der Waals surface area contributed by atoms with Gasteiger partial charge in [-0.3, -0.25) is 9.69 Å². The first-order valence-electron chi connectivity index (χ1n) is 7.46. The largest absolute Gasteiger partial charge is 0.385 e. The second-order valence-electron chi connectivity index (χ2n) is 5.22. The van der Waals surface area contributed by atoms with E-state index in [1.807, 2.05) is 0 Å². The monoisotopic (exact) mass is 287 g/mol. The Morgan fingerprint density at radius 3 is 2.80 bits per heavy atom. The number of carbonyl (C=O) groups excluding carboxylic acids is 1. The molecular weight excluding hydrogens is 258 g/mol. The Morgan fingerprint density at radius 2 is 2.15 bits per heavy atom. The molecule has 1 unspecified atom stereocenters. The highest BCUT2D eigenvalue weighted by Gasteiger charge is 2.19. The van der Waals surface area contributed by atoms with Gasteiger partial charge in [0.05, 0.1) is 13.2 Å². The van der Waals surface area contributed by atoms with Gasteiger partial charge in [0.15, 0.2) is 0 Å². The molecule has 20 heavy (non-hydrogen) atoms. The summed E-state index contributed by atoms with van der Waals surface area (Å²) in [6.07, 6.45) is 3.27. The van der Waals surface area contributed by atoms with Gasteiger partial charge in [-0.2, -0.15) is 0 Å². The van der Waals surface area contributed by atoms with Gasteiger partial charge >= 0.3 is 0 Å². The van der Waals surface area contributed by atoms with Crippen LogP contribution in [-0.4, -0.2) is 77.0 Å². The van der Waals surface area contributed by atoms with Gasteiger partial charge in [0.1, 0.15) is 0 Å². The van der Waals surface area contributed by atoms with Crippen LogP contribution in [0.3, 0.4) is 0 Å². The van der Waals surface area contributed by atoms with Crippen molar-refractivity contribution in [2.75, 3.05) is 60.2 Å². The van der Waals surface area contributed by atoms with Crippen LogP contribution in [0, 0.1) is 0 Å². The summed E-state index contributed by atoms with van der Waals surface area (Å²) in [6, 6.07) is 0.508. The quantitative estimate of drug-likeness (QED) is 0.517. The van der Waals surface area contributed by atoms with E-state index in [0.717, 1.165) is 26.1 Å². The molecule has 1 aliphatic heterocycles. The van der Waals surface area contributed by atoms with E-state index in [2.05, 4.69) is 15.5 Å². The van der Waals surface area contributed by atoms with E-state index in [0.29, 0.717) is 32.3 Å². The van der Waals surface area contributed by atoms with Gasteiger partial charge in [-0.25, -0.2) is 0 Å². The standard InChI is InChI=1S/C14H29N3O3/c1-19-9-4-7-16-14(18)12-17(8-10-20-2)11-13-5-3-6-15-13/h13,15H,3-12H2,1-2H3,(H,16,18). The maximum atomic E-state index is 11.9. The van der Waals surface area contributed by atoms with Crippen molar-refractivity contribution < 1.29 is 14.3 Å². The summed E-state index contributed by atoms with van der Waals surface area (Å²) in [7, 11) is 3.36. The van der Waals surface area contributed by atoms with Crippen LogP contribution in [0.25, 0.3) is 0 Å². The van der Waals surface area contributed by atoms with Crippen molar-refractivity contribution >= 4 is 5.91 Å². The van der Waals surface area contributed by atoms with Crippen LogP contribution in [0.15, 0.2) is 0 Å². The number of hydrogen-bond acceptors (Lipinski definition) is 5. The van der Waals surface area contributed by atoms with Gasteiger partial charge in [0.25, 0.3) is 0 Å². The van der Waals surface area contributed by atoms with E-state index in [1.165, 1.54) is 12.8 Å². The molecule has 0 saturated carbocycles. The molecule has 118 valence electrons. The summed E-state index contributed by atoms with van der Waals surface area (Å²) in [5.74, 6) is 0.0789. The molecule has 0 spiro atoms. The summed E-state index contributed by atoms with van der Waals surface area (Å²) in [5.41, 5.74) is 0. The van der Waals surface area contributed by atoms with Crippen molar-refractivity contribution in [2.45, 2.75) is 25.3 Å². The van der Waals surface area contributed by atoms with Gasteiger partial charge < -0.3 is 20.1 Å². The summed E-state index contributed by atoms with van der Waals surface area (Å²) < 4.78 is 10.1. The summed E-state index contributed by atoms with van der Waals surface area (Å²) in [6.45, 7) is 5.24. The van der Waals surface area contributed by atoms with Crippen molar-refractivity contribution in [2.24, 2.45) is 0 Å². The van der Waals surface area contributed by atoms with Gasteiger partial charge in [-0.1, -0.05) is 0 Å². The molecular formula is C14H29N3O3. The molecule has 0 aromatic carbocycles. The lowest BCUT2D eigenvalue weighted by molar-refractivity contribution is -0.122. The SMILES string of the molecule is COCCCNC(=O)CN(CCOC)CC1CCCN1. The number of methoxy groups -OCH3 is 2. The minimum absolute atomic E-state index is 0.0789. The van der Waals surface area contributed by atoms with E-state index >= 15 is 0 Å². The summed E-state index contributed by atoms with van der Waals surface area (Å²) >= 11 is 0. The van der Waals surface area contributed by atoms with Crippen molar-refractivity contribution in [1.29, 1.82) is 0 Å². The fraction of sp³-hybridized carbons (Fsp3) is 0.929. The molecule has 1 amide bonds. The number of hydrogen-bond donors (Lipinski definition) is 2. The third-order valence-corrected chi connectivity index (χ3v) is 3.47. The molecule has 0 aromatic heterocycles. The topological polar surface area (TPSA) is 62.8 Å². The number of ether oxygens (including phenoxy) is 2. The van der Waals surface area contributed by atoms with Crippen LogP contribution >= 0.6 is 0 Å². The number of nitrogens with zero attached hydrogens (tertiary/aromatic N) is 1. The first-order chi connectivity index (χ1) is 9.76. The Labute approximate surface area is 122 Å². The lowest BCUT2D eigenvalue weighted by atomic mass is 10.2. The zero-order chi connectivity index (χ0) is 14.6. The lowest BCUT2D eigenvalue weighted by Gasteiger charge is -2.24. The van der Waals surface area contributed by atoms with E-state index in [-0.39, 0.29) is 5.91 Å². The van der Waals surface area contributed by atoms with Crippen LogP contribution in [0.4, 0.5) is 0 Å². The average Bonchev–Trinajstić information content (AvgIpc) is 2.94. The van der Waals surface area contributed by atoms with Crippen LogP contribution in [0.1, 0.15) is 19.3 Å². The average molecular weight is 287 g/mol. The molecule has 2 N–H and O–H groups in total. The van der Waals surface area contributed by atoms with Crippen molar-refractivity contribution in [3.8, 4) is 0 Å². The minimum Gasteiger partial charge on any atom is -0.385 e. The molecule has 0 aromatic rings. The van der Waals surface area contributed by atoms with E-state index in [9.17, 15) is 4.79 Å². The first kappa shape index (κ1) is 17.4. The van der Waals surface area contributed by atoms with Crippen molar-refractivity contribution in [3.05, 3.63) is 0 Å². The fourth-order valence-corrected chi connectivity index (χ4v) is 2.38. The molecule has 1 aliphatic rings. The normalized spacial score (nSPS) is 18.6. The molecule has 0 aliphatic carbocycles. The molecule has 1 atom stereocenters. The molecule has 6 heteroatoms. The van der Waals surface area contributed by atoms with Gasteiger partial charge in [0.2, 0.25) is 5.91 Å². The second-order valence-corrected chi connectivity index (χ2v) is 5.22. The Bertz CT molecular complexity index is 258. The Hall–Kier alpha value is -0.690. The Balaban J connectivity index is 2.24. The number of amides is 1.